The van der Waals surface area contributed by atoms with Crippen molar-refractivity contribution in [1.82, 2.24) is 10.2 Å². The normalized spacial score (nSPS) is 36.9. The fourth-order valence-electron chi connectivity index (χ4n) is 9.18. The summed E-state index contributed by atoms with van der Waals surface area (Å²) in [5, 5.41) is 3.69. The first-order valence-corrected chi connectivity index (χ1v) is 15.9. The Morgan fingerprint density at radius 3 is 2.46 bits per heavy atom. The number of ketones is 1. The minimum absolute atomic E-state index is 0.0977. The fraction of sp³-hybridized carbons (Fsp3) is 0.735. The van der Waals surface area contributed by atoms with Crippen molar-refractivity contribution in [2.24, 2.45) is 35.5 Å². The van der Waals surface area contributed by atoms with Crippen molar-refractivity contribution in [2.75, 3.05) is 0 Å². The molecule has 1 aliphatic heterocycles. The quantitative estimate of drug-likeness (QED) is 0.245. The van der Waals surface area contributed by atoms with Crippen LogP contribution in [0, 0.1) is 35.5 Å². The van der Waals surface area contributed by atoms with Gasteiger partial charge in [-0.1, -0.05) is 31.1 Å². The number of amides is 1. The first-order chi connectivity index (χ1) is 18.8. The van der Waals surface area contributed by atoms with Crippen LogP contribution in [0.15, 0.2) is 35.2 Å². The van der Waals surface area contributed by atoms with Crippen LogP contribution in [-0.2, 0) is 14.4 Å². The lowest BCUT2D eigenvalue weighted by Gasteiger charge is -2.48. The first-order valence-electron chi connectivity index (χ1n) is 15.9. The van der Waals surface area contributed by atoms with E-state index in [2.05, 4.69) is 49.3 Å². The highest BCUT2D eigenvalue weighted by atomic mass is 16.2. The summed E-state index contributed by atoms with van der Waals surface area (Å²) in [6, 6.07) is 0.183. The van der Waals surface area contributed by atoms with Gasteiger partial charge in [-0.2, -0.15) is 0 Å². The van der Waals surface area contributed by atoms with Gasteiger partial charge in [0.05, 0.1) is 0 Å². The van der Waals surface area contributed by atoms with E-state index in [9.17, 15) is 14.4 Å². The number of aldehydes is 1. The van der Waals surface area contributed by atoms with E-state index < -0.39 is 0 Å². The van der Waals surface area contributed by atoms with Crippen molar-refractivity contribution in [2.45, 2.75) is 123 Å². The van der Waals surface area contributed by atoms with Gasteiger partial charge >= 0.3 is 0 Å². The molecule has 0 spiro atoms. The third kappa shape index (κ3) is 5.57. The Kier molecular flexibility index (Phi) is 8.54. The van der Waals surface area contributed by atoms with Gasteiger partial charge < -0.3 is 15.0 Å². The van der Waals surface area contributed by atoms with Gasteiger partial charge in [-0.15, -0.1) is 0 Å². The van der Waals surface area contributed by atoms with Crippen molar-refractivity contribution in [3.8, 4) is 0 Å². The van der Waals surface area contributed by atoms with E-state index in [-0.39, 0.29) is 29.3 Å². The topological polar surface area (TPSA) is 66.5 Å². The Balaban J connectivity index is 1.52. The molecule has 8 atom stereocenters. The minimum atomic E-state index is -0.0977. The zero-order chi connectivity index (χ0) is 27.7. The molecule has 1 heterocycles. The Morgan fingerprint density at radius 1 is 1.08 bits per heavy atom. The molecular weight excluding hydrogens is 484 g/mol. The first kappa shape index (κ1) is 28.4. The third-order valence-corrected chi connectivity index (χ3v) is 11.0. The summed E-state index contributed by atoms with van der Waals surface area (Å²) in [4.78, 5) is 40.3. The van der Waals surface area contributed by atoms with E-state index in [1.807, 2.05) is 0 Å². The second kappa shape index (κ2) is 11.7. The molecule has 4 aliphatic carbocycles. The number of allylic oxidation sites excluding steroid dienone is 3. The largest absolute Gasteiger partial charge is 0.385 e. The van der Waals surface area contributed by atoms with Crippen LogP contribution in [0.5, 0.6) is 0 Å². The summed E-state index contributed by atoms with van der Waals surface area (Å²) in [5.74, 6) is 3.08. The molecule has 0 radical (unpaired) electrons. The lowest BCUT2D eigenvalue weighted by molar-refractivity contribution is -0.133. The molecule has 1 amide bonds. The standard InChI is InChI=1S/C34H50N2O3/c1-5-9-24-16-22(2)11-13-34(4)30(12-14-35-34)33(24)36(23(3)38)32-28-18-25-17-27(21-29(32)20-26(25)19-28)31(39)10-7-6-8-15-37/h12,14-16,25-30,32,35H,5-11,13,17-21H2,1-4H3/t25?,26-,27?,28?,29?,30?,32?,34?/m1/s1. The van der Waals surface area contributed by atoms with Gasteiger partial charge in [-0.25, -0.2) is 0 Å². The van der Waals surface area contributed by atoms with Crippen LogP contribution in [0.4, 0.5) is 0 Å². The maximum absolute atomic E-state index is 13.9. The molecule has 1 N–H and O–H groups in total. The van der Waals surface area contributed by atoms with Gasteiger partial charge in [0.2, 0.25) is 5.91 Å². The predicted octanol–water partition coefficient (Wildman–Crippen LogP) is 6.89. The van der Waals surface area contributed by atoms with Crippen molar-refractivity contribution < 1.29 is 14.4 Å². The number of carbonyl (C=O) groups excluding carboxylic acids is 3. The van der Waals surface area contributed by atoms with Crippen LogP contribution in [-0.4, -0.2) is 34.5 Å². The monoisotopic (exact) mass is 534 g/mol. The molecule has 5 heteroatoms. The van der Waals surface area contributed by atoms with E-state index in [0.29, 0.717) is 42.3 Å². The second-order valence-electron chi connectivity index (χ2n) is 13.7. The molecule has 39 heavy (non-hydrogen) atoms. The highest BCUT2D eigenvalue weighted by Gasteiger charge is 2.54. The van der Waals surface area contributed by atoms with E-state index in [1.54, 1.807) is 6.92 Å². The van der Waals surface area contributed by atoms with Gasteiger partial charge in [-0.3, -0.25) is 9.59 Å². The number of nitrogens with one attached hydrogen (secondary N) is 1. The summed E-state index contributed by atoms with van der Waals surface area (Å²) in [7, 11) is 0. The Labute approximate surface area is 235 Å². The SMILES string of the molecule is CCCC1=C(N(C(C)=O)C2C3CC(C(=O)CCCCC=O)CC4CC2C[C@@H]4C3)C2C=CNC2(C)CCC(C)=C1. The third-order valence-electron chi connectivity index (χ3n) is 11.0. The number of Topliss-reactive ketones (excluding diaryl/α,β-unsaturated/α-hetero) is 1. The smallest absolute Gasteiger partial charge is 0.223 e. The van der Waals surface area contributed by atoms with E-state index >= 15 is 0 Å². The van der Waals surface area contributed by atoms with Crippen LogP contribution in [0.2, 0.25) is 0 Å². The highest BCUT2D eigenvalue weighted by molar-refractivity contribution is 5.81. The number of unbranched alkanes of at least 4 members (excludes halogenated alkanes) is 2. The Hall–Kier alpha value is -2.17. The number of carbonyl (C=O) groups is 3. The molecule has 3 saturated carbocycles. The molecule has 3 fully saturated rings. The summed E-state index contributed by atoms with van der Waals surface area (Å²) in [5.41, 5.74) is 3.88. The minimum Gasteiger partial charge on any atom is -0.385 e. The molecule has 5 rings (SSSR count). The summed E-state index contributed by atoms with van der Waals surface area (Å²) >= 11 is 0. The van der Waals surface area contributed by atoms with Crippen LogP contribution >= 0.6 is 0 Å². The lowest BCUT2D eigenvalue weighted by Crippen LogP contribution is -2.54. The number of hydrogen-bond acceptors (Lipinski definition) is 4. The maximum Gasteiger partial charge on any atom is 0.223 e. The van der Waals surface area contributed by atoms with E-state index in [4.69, 9.17) is 0 Å². The molecule has 0 aromatic rings. The number of rotatable bonds is 10. The van der Waals surface area contributed by atoms with Crippen molar-refractivity contribution in [1.29, 1.82) is 0 Å². The van der Waals surface area contributed by atoms with Crippen LogP contribution < -0.4 is 5.32 Å². The predicted molar refractivity (Wildman–Crippen MR) is 155 cm³/mol. The lowest BCUT2D eigenvalue weighted by atomic mass is 9.70. The highest BCUT2D eigenvalue weighted by Crippen LogP contribution is 2.57. The fourth-order valence-corrected chi connectivity index (χ4v) is 9.18. The maximum atomic E-state index is 13.9. The van der Waals surface area contributed by atoms with Crippen LogP contribution in [0.1, 0.15) is 111 Å². The molecule has 5 nitrogen and oxygen atoms in total. The average Bonchev–Trinajstić information content (AvgIpc) is 3.38. The molecule has 5 aliphatic rings. The zero-order valence-corrected chi connectivity index (χ0v) is 24.7. The summed E-state index contributed by atoms with van der Waals surface area (Å²) in [6.07, 6.45) is 20.2. The van der Waals surface area contributed by atoms with Gasteiger partial charge in [0.1, 0.15) is 12.1 Å². The Bertz CT molecular complexity index is 1060. The number of hydrogen-bond donors (Lipinski definition) is 1. The van der Waals surface area contributed by atoms with Crippen LogP contribution in [0.25, 0.3) is 0 Å². The van der Waals surface area contributed by atoms with Crippen molar-refractivity contribution in [3.05, 3.63) is 35.2 Å². The Morgan fingerprint density at radius 2 is 1.77 bits per heavy atom. The molecule has 0 aromatic carbocycles. The van der Waals surface area contributed by atoms with E-state index in [1.165, 1.54) is 23.3 Å². The van der Waals surface area contributed by atoms with Gasteiger partial charge in [0.15, 0.2) is 0 Å². The zero-order valence-electron chi connectivity index (χ0n) is 24.7. The van der Waals surface area contributed by atoms with Crippen molar-refractivity contribution in [3.63, 3.8) is 0 Å². The molecule has 7 unspecified atom stereocenters. The van der Waals surface area contributed by atoms with Crippen molar-refractivity contribution >= 4 is 18.0 Å². The number of nitrogens with zero attached hydrogens (tertiary/aromatic N) is 1. The summed E-state index contributed by atoms with van der Waals surface area (Å²) < 4.78 is 0. The van der Waals surface area contributed by atoms with Gasteiger partial charge in [-0.05, 0) is 114 Å². The second-order valence-corrected chi connectivity index (χ2v) is 13.7. The molecular formula is C34H50N2O3. The molecule has 3 bridgehead atoms. The molecule has 214 valence electrons. The number of fused-ring (bicyclic) bond motifs is 3. The molecule has 0 aromatic heterocycles. The molecule has 0 saturated heterocycles. The van der Waals surface area contributed by atoms with Gasteiger partial charge in [0.25, 0.3) is 0 Å². The van der Waals surface area contributed by atoms with Crippen LogP contribution in [0.3, 0.4) is 0 Å². The summed E-state index contributed by atoms with van der Waals surface area (Å²) in [6.45, 7) is 8.61. The van der Waals surface area contributed by atoms with E-state index in [0.717, 1.165) is 70.5 Å². The van der Waals surface area contributed by atoms with Gasteiger partial charge in [0, 0.05) is 48.9 Å². The average molecular weight is 535 g/mol.